The van der Waals surface area contributed by atoms with Gasteiger partial charge in [0.05, 0.1) is 0 Å². The Morgan fingerprint density at radius 1 is 1.00 bits per heavy atom. The molecule has 2 aromatic rings. The number of nitrogens with zero attached hydrogens (tertiary/aromatic N) is 1. The molecule has 0 radical (unpaired) electrons. The lowest BCUT2D eigenvalue weighted by molar-refractivity contribution is -0.115. The number of hydrogen-bond acceptors (Lipinski definition) is 1. The molecule has 0 N–H and O–H groups in total. The zero-order chi connectivity index (χ0) is 13.4. The van der Waals surface area contributed by atoms with Crippen LogP contribution >= 0.6 is 0 Å². The number of hydrogen-bond donors (Lipinski definition) is 0. The summed E-state index contributed by atoms with van der Waals surface area (Å²) in [4.78, 5) is 12.6. The van der Waals surface area contributed by atoms with Crippen LogP contribution in [0.1, 0.15) is 12.5 Å². The van der Waals surface area contributed by atoms with Gasteiger partial charge in [0, 0.05) is 6.92 Å². The van der Waals surface area contributed by atoms with Crippen LogP contribution < -0.4 is 0 Å². The maximum atomic E-state index is 9.58. The van der Waals surface area contributed by atoms with E-state index < -0.39 is 0 Å². The van der Waals surface area contributed by atoms with Crippen molar-refractivity contribution in [2.45, 2.75) is 13.8 Å². The predicted octanol–water partition coefficient (Wildman–Crippen LogP) is 3.90. The van der Waals surface area contributed by atoms with E-state index in [9.17, 15) is 4.79 Å². The van der Waals surface area contributed by atoms with Gasteiger partial charge in [-0.1, -0.05) is 54.6 Å². The van der Waals surface area contributed by atoms with Gasteiger partial charge in [0.15, 0.2) is 0 Å². The van der Waals surface area contributed by atoms with Gasteiger partial charge in [-0.3, -0.25) is 4.79 Å². The van der Waals surface area contributed by atoms with Crippen LogP contribution in [-0.4, -0.2) is 12.6 Å². The molecule has 0 saturated carbocycles. The molecule has 0 atom stereocenters. The molecule has 2 heteroatoms. The first-order chi connectivity index (χ1) is 8.65. The monoisotopic (exact) mass is 239 g/mol. The number of carbonyl (C=O) groups is 1. The highest BCUT2D eigenvalue weighted by Gasteiger charge is 1.97. The molecule has 0 bridgehead atoms. The van der Waals surface area contributed by atoms with Gasteiger partial charge in [-0.15, -0.1) is 0 Å². The SMILES string of the molecule is C=NC(C)=O.Cc1ccccc1-c1ccccc1. The Morgan fingerprint density at radius 3 is 2.00 bits per heavy atom. The van der Waals surface area contributed by atoms with Crippen LogP contribution in [0.5, 0.6) is 0 Å². The lowest BCUT2D eigenvalue weighted by Crippen LogP contribution is -1.80. The Labute approximate surface area is 108 Å². The zero-order valence-electron chi connectivity index (χ0n) is 10.8. The molecule has 0 aliphatic heterocycles. The van der Waals surface area contributed by atoms with Crippen LogP contribution in [0.3, 0.4) is 0 Å². The fraction of sp³-hybridized carbons (Fsp3) is 0.125. The summed E-state index contributed by atoms with van der Waals surface area (Å²) in [6.07, 6.45) is 0. The van der Waals surface area contributed by atoms with Gasteiger partial charge in [0.25, 0.3) is 0 Å². The van der Waals surface area contributed by atoms with E-state index in [1.165, 1.54) is 23.6 Å². The average Bonchev–Trinajstić information content (AvgIpc) is 2.41. The van der Waals surface area contributed by atoms with Crippen LogP contribution in [0.25, 0.3) is 11.1 Å². The fourth-order valence-electron chi connectivity index (χ4n) is 1.51. The summed E-state index contributed by atoms with van der Waals surface area (Å²) >= 11 is 0. The second kappa shape index (κ2) is 7.17. The van der Waals surface area contributed by atoms with E-state index in [0.29, 0.717) is 0 Å². The van der Waals surface area contributed by atoms with E-state index in [-0.39, 0.29) is 5.91 Å². The molecule has 1 amide bonds. The van der Waals surface area contributed by atoms with Crippen molar-refractivity contribution in [1.82, 2.24) is 0 Å². The molecule has 2 aromatic carbocycles. The molecule has 0 fully saturated rings. The van der Waals surface area contributed by atoms with Crippen molar-refractivity contribution in [3.05, 3.63) is 60.2 Å². The normalized spacial score (nSPS) is 9.00. The summed E-state index contributed by atoms with van der Waals surface area (Å²) in [6, 6.07) is 18.9. The molecule has 0 spiro atoms. The van der Waals surface area contributed by atoms with Crippen molar-refractivity contribution < 1.29 is 4.79 Å². The van der Waals surface area contributed by atoms with Crippen molar-refractivity contribution in [2.24, 2.45) is 4.99 Å². The number of rotatable bonds is 1. The van der Waals surface area contributed by atoms with Crippen LogP contribution in [0.15, 0.2) is 59.6 Å². The third-order valence-electron chi connectivity index (χ3n) is 2.45. The van der Waals surface area contributed by atoms with Gasteiger partial charge < -0.3 is 0 Å². The quantitative estimate of drug-likeness (QED) is 0.694. The molecule has 18 heavy (non-hydrogen) atoms. The molecular weight excluding hydrogens is 222 g/mol. The summed E-state index contributed by atoms with van der Waals surface area (Å²) in [6.45, 7) is 6.46. The average molecular weight is 239 g/mol. The van der Waals surface area contributed by atoms with Crippen LogP contribution in [0, 0.1) is 6.92 Å². The van der Waals surface area contributed by atoms with Crippen molar-refractivity contribution in [1.29, 1.82) is 0 Å². The van der Waals surface area contributed by atoms with E-state index in [1.54, 1.807) is 0 Å². The predicted molar refractivity (Wildman–Crippen MR) is 76.8 cm³/mol. The van der Waals surface area contributed by atoms with Crippen molar-refractivity contribution in [2.75, 3.05) is 0 Å². The first-order valence-electron chi connectivity index (χ1n) is 5.73. The minimum absolute atomic E-state index is 0.231. The number of aliphatic imine (C=N–C) groups is 1. The number of carbonyl (C=O) groups excluding carboxylic acids is 1. The lowest BCUT2D eigenvalue weighted by Gasteiger charge is -2.04. The smallest absolute Gasteiger partial charge is 0.241 e. The topological polar surface area (TPSA) is 29.4 Å². The van der Waals surface area contributed by atoms with Crippen LogP contribution in [0.2, 0.25) is 0 Å². The van der Waals surface area contributed by atoms with Crippen molar-refractivity contribution in [3.8, 4) is 11.1 Å². The lowest BCUT2D eigenvalue weighted by atomic mass is 10.0. The molecule has 0 heterocycles. The van der Waals surface area contributed by atoms with Crippen LogP contribution in [0.4, 0.5) is 0 Å². The molecule has 0 aliphatic carbocycles. The zero-order valence-corrected chi connectivity index (χ0v) is 10.8. The largest absolute Gasteiger partial charge is 0.273 e. The number of benzene rings is 2. The highest BCUT2D eigenvalue weighted by Crippen LogP contribution is 2.21. The maximum absolute atomic E-state index is 9.58. The Bertz CT molecular complexity index is 518. The van der Waals surface area contributed by atoms with E-state index >= 15 is 0 Å². The molecule has 2 nitrogen and oxygen atoms in total. The maximum Gasteiger partial charge on any atom is 0.241 e. The molecule has 92 valence electrons. The Balaban J connectivity index is 0.000000280. The first-order valence-corrected chi connectivity index (χ1v) is 5.73. The third kappa shape index (κ3) is 4.34. The van der Waals surface area contributed by atoms with Gasteiger partial charge in [-0.25, -0.2) is 4.99 Å². The summed E-state index contributed by atoms with van der Waals surface area (Å²) in [5.74, 6) is -0.231. The van der Waals surface area contributed by atoms with Crippen molar-refractivity contribution >= 4 is 12.6 Å². The molecule has 2 rings (SSSR count). The summed E-state index contributed by atoms with van der Waals surface area (Å²) in [5, 5.41) is 0. The number of aryl methyl sites for hydroxylation is 1. The Morgan fingerprint density at radius 2 is 1.50 bits per heavy atom. The summed E-state index contributed by atoms with van der Waals surface area (Å²) in [7, 11) is 0. The highest BCUT2D eigenvalue weighted by atomic mass is 16.1. The second-order valence-corrected chi connectivity index (χ2v) is 3.86. The minimum Gasteiger partial charge on any atom is -0.273 e. The van der Waals surface area contributed by atoms with E-state index in [2.05, 4.69) is 67.2 Å². The van der Waals surface area contributed by atoms with Gasteiger partial charge in [0.1, 0.15) is 0 Å². The van der Waals surface area contributed by atoms with E-state index in [1.807, 2.05) is 6.07 Å². The fourth-order valence-corrected chi connectivity index (χ4v) is 1.51. The van der Waals surface area contributed by atoms with Crippen molar-refractivity contribution in [3.63, 3.8) is 0 Å². The minimum atomic E-state index is -0.231. The molecular formula is C16H17NO. The van der Waals surface area contributed by atoms with Gasteiger partial charge in [-0.05, 0) is 30.3 Å². The second-order valence-electron chi connectivity index (χ2n) is 3.86. The van der Waals surface area contributed by atoms with E-state index in [4.69, 9.17) is 0 Å². The summed E-state index contributed by atoms with van der Waals surface area (Å²) in [5.41, 5.74) is 3.94. The van der Waals surface area contributed by atoms with Gasteiger partial charge in [0.2, 0.25) is 5.91 Å². The molecule has 0 unspecified atom stereocenters. The van der Waals surface area contributed by atoms with E-state index in [0.717, 1.165) is 0 Å². The molecule has 0 aliphatic rings. The Kier molecular flexibility index (Phi) is 5.52. The molecule has 0 saturated heterocycles. The Hall–Kier alpha value is -2.22. The number of amides is 1. The summed E-state index contributed by atoms with van der Waals surface area (Å²) < 4.78 is 0. The highest BCUT2D eigenvalue weighted by molar-refractivity contribution is 5.77. The van der Waals surface area contributed by atoms with Gasteiger partial charge >= 0.3 is 0 Å². The molecule has 0 aromatic heterocycles. The third-order valence-corrected chi connectivity index (χ3v) is 2.45. The standard InChI is InChI=1S/C13H12.C3H5NO/c1-11-7-5-6-10-13(11)12-8-3-2-4-9-12;1-3(5)4-2/h2-10H,1H3;2H2,1H3. The van der Waals surface area contributed by atoms with Gasteiger partial charge in [-0.2, -0.15) is 0 Å². The van der Waals surface area contributed by atoms with Crippen LogP contribution in [-0.2, 0) is 4.79 Å². The first kappa shape index (κ1) is 13.8.